The van der Waals surface area contributed by atoms with Crippen molar-refractivity contribution in [1.29, 1.82) is 5.26 Å². The number of nitriles is 1. The first kappa shape index (κ1) is 23.9. The Hall–Kier alpha value is -4.42. The number of benzene rings is 2. The number of pyridine rings is 1. The number of aromatic hydroxyl groups is 1. The summed E-state index contributed by atoms with van der Waals surface area (Å²) in [4.78, 5) is 18.8. The molecule has 0 amide bonds. The van der Waals surface area contributed by atoms with Crippen LogP contribution in [0.1, 0.15) is 25.0 Å². The lowest BCUT2D eigenvalue weighted by atomic mass is 10.0. The summed E-state index contributed by atoms with van der Waals surface area (Å²) in [6.07, 6.45) is 3.92. The minimum absolute atomic E-state index is 0.135. The van der Waals surface area contributed by atoms with Crippen LogP contribution in [0.25, 0.3) is 33.7 Å². The van der Waals surface area contributed by atoms with Crippen LogP contribution in [-0.2, 0) is 12.0 Å². The second-order valence-electron chi connectivity index (χ2n) is 9.87. The van der Waals surface area contributed by atoms with Gasteiger partial charge in [0, 0.05) is 35.8 Å². The number of nitrogens with zero attached hydrogens (tertiary/aromatic N) is 6. The van der Waals surface area contributed by atoms with Gasteiger partial charge in [-0.1, -0.05) is 48.2 Å². The van der Waals surface area contributed by atoms with Crippen molar-refractivity contribution in [2.45, 2.75) is 31.0 Å². The molecule has 0 fully saturated rings. The lowest BCUT2D eigenvalue weighted by Gasteiger charge is -2.20. The Kier molecular flexibility index (Phi) is 5.97. The number of rotatable bonds is 6. The van der Waals surface area contributed by atoms with Gasteiger partial charge in [-0.2, -0.15) is 5.26 Å². The highest BCUT2D eigenvalue weighted by Gasteiger charge is 2.35. The molecule has 8 nitrogen and oxygen atoms in total. The molecule has 5 aromatic rings. The van der Waals surface area contributed by atoms with Crippen molar-refractivity contribution in [2.24, 2.45) is 0 Å². The van der Waals surface area contributed by atoms with E-state index in [4.69, 9.17) is 15.0 Å². The fraction of sp³-hybridized carbons (Fsp3) is 0.207. The monoisotopic (exact) mass is 519 g/mol. The van der Waals surface area contributed by atoms with E-state index in [9.17, 15) is 10.4 Å². The van der Waals surface area contributed by atoms with Crippen molar-refractivity contribution in [3.63, 3.8) is 0 Å². The zero-order valence-corrected chi connectivity index (χ0v) is 21.8. The molecule has 1 aliphatic rings. The number of hydrogen-bond donors (Lipinski definition) is 2. The maximum Gasteiger partial charge on any atom is 0.171 e. The molecule has 0 aliphatic carbocycles. The number of phenols is 1. The van der Waals surface area contributed by atoms with Crippen LogP contribution in [0, 0.1) is 11.3 Å². The topological polar surface area (TPSA) is 113 Å². The second kappa shape index (κ2) is 9.47. The first-order valence-electron chi connectivity index (χ1n) is 12.3. The van der Waals surface area contributed by atoms with Crippen molar-refractivity contribution in [1.82, 2.24) is 24.5 Å². The summed E-state index contributed by atoms with van der Waals surface area (Å²) < 4.78 is 2.18. The van der Waals surface area contributed by atoms with Gasteiger partial charge >= 0.3 is 0 Å². The molecule has 0 bridgehead atoms. The number of fused-ring (bicyclic) bond motifs is 3. The zero-order chi connectivity index (χ0) is 26.3. The molecule has 188 valence electrons. The highest BCUT2D eigenvalue weighted by molar-refractivity contribution is 7.99. The number of thioether (sulfide) groups is 1. The van der Waals surface area contributed by atoms with E-state index < -0.39 is 0 Å². The SMILES string of the molecule is CC1(C)CSc2nc3c(NCCc4ccc(O)c(-c5ccccc5)c4)nc(-c4cncc(C#N)c4)nc3n21. The van der Waals surface area contributed by atoms with Gasteiger partial charge in [-0.05, 0) is 49.6 Å². The molecule has 9 heteroatoms. The molecule has 1 aliphatic heterocycles. The first-order valence-corrected chi connectivity index (χ1v) is 13.3. The summed E-state index contributed by atoms with van der Waals surface area (Å²) in [5, 5.41) is 24.2. The zero-order valence-electron chi connectivity index (χ0n) is 21.0. The van der Waals surface area contributed by atoms with Crippen molar-refractivity contribution in [3.8, 4) is 34.3 Å². The number of hydrogen-bond acceptors (Lipinski definition) is 8. The van der Waals surface area contributed by atoms with Crippen molar-refractivity contribution in [3.05, 3.63) is 78.1 Å². The van der Waals surface area contributed by atoms with Crippen LogP contribution >= 0.6 is 11.8 Å². The predicted octanol–water partition coefficient (Wildman–Crippen LogP) is 5.63. The standard InChI is InChI=1S/C29H25N7OS/c1-29(2)17-38-28-33-24-26(34-25(35-27(24)36(28)29)21-12-19(14-30)15-31-16-21)32-11-10-18-8-9-23(37)22(13-18)20-6-4-3-5-7-20/h3-9,12-13,15-16,37H,10-11,17H2,1-2H3,(H,32,34,35). The smallest absolute Gasteiger partial charge is 0.171 e. The largest absolute Gasteiger partial charge is 0.507 e. The highest BCUT2D eigenvalue weighted by atomic mass is 32.2. The Morgan fingerprint density at radius 1 is 1.05 bits per heavy atom. The number of anilines is 1. The average molecular weight is 520 g/mol. The third-order valence-corrected chi connectivity index (χ3v) is 8.00. The summed E-state index contributed by atoms with van der Waals surface area (Å²) in [5.41, 5.74) is 5.37. The fourth-order valence-corrected chi connectivity index (χ4v) is 5.90. The number of aromatic nitrogens is 5. The molecule has 0 radical (unpaired) electrons. The van der Waals surface area contributed by atoms with Gasteiger partial charge in [0.25, 0.3) is 0 Å². The van der Waals surface area contributed by atoms with Gasteiger partial charge < -0.3 is 10.4 Å². The van der Waals surface area contributed by atoms with Gasteiger partial charge in [0.15, 0.2) is 28.0 Å². The molecule has 38 heavy (non-hydrogen) atoms. The number of phenolic OH excluding ortho intramolecular Hbond substituents is 1. The molecule has 0 saturated carbocycles. The molecule has 2 aromatic carbocycles. The predicted molar refractivity (Wildman–Crippen MR) is 149 cm³/mol. The summed E-state index contributed by atoms with van der Waals surface area (Å²) in [7, 11) is 0. The van der Waals surface area contributed by atoms with E-state index in [-0.39, 0.29) is 11.3 Å². The van der Waals surface area contributed by atoms with E-state index >= 15 is 0 Å². The lowest BCUT2D eigenvalue weighted by molar-refractivity contribution is 0.404. The van der Waals surface area contributed by atoms with Crippen LogP contribution in [0.4, 0.5) is 5.82 Å². The van der Waals surface area contributed by atoms with Gasteiger partial charge in [-0.15, -0.1) is 0 Å². The van der Waals surface area contributed by atoms with E-state index in [0.29, 0.717) is 29.3 Å². The first-order chi connectivity index (χ1) is 18.4. The maximum atomic E-state index is 10.4. The molecule has 3 aromatic heterocycles. The number of nitrogens with one attached hydrogen (secondary N) is 1. The molecular weight excluding hydrogens is 494 g/mol. The quantitative estimate of drug-likeness (QED) is 0.297. The summed E-state index contributed by atoms with van der Waals surface area (Å²) in [6, 6.07) is 19.5. The van der Waals surface area contributed by atoms with E-state index in [1.807, 2.05) is 42.5 Å². The van der Waals surface area contributed by atoms with Crippen LogP contribution in [0.15, 0.2) is 72.1 Å². The van der Waals surface area contributed by atoms with Crippen molar-refractivity contribution in [2.75, 3.05) is 17.6 Å². The maximum absolute atomic E-state index is 10.4. The van der Waals surface area contributed by atoms with Gasteiger partial charge in [0.2, 0.25) is 0 Å². The van der Waals surface area contributed by atoms with Crippen molar-refractivity contribution < 1.29 is 5.11 Å². The molecule has 0 unspecified atom stereocenters. The van der Waals surface area contributed by atoms with Gasteiger partial charge in [-0.3, -0.25) is 9.55 Å². The Balaban J connectivity index is 1.34. The van der Waals surface area contributed by atoms with Gasteiger partial charge in [0.1, 0.15) is 11.8 Å². The van der Waals surface area contributed by atoms with Gasteiger partial charge in [0.05, 0.1) is 11.1 Å². The highest BCUT2D eigenvalue weighted by Crippen LogP contribution is 2.41. The molecule has 2 N–H and O–H groups in total. The summed E-state index contributed by atoms with van der Waals surface area (Å²) >= 11 is 1.72. The van der Waals surface area contributed by atoms with Crippen LogP contribution in [0.3, 0.4) is 0 Å². The summed E-state index contributed by atoms with van der Waals surface area (Å²) in [6.45, 7) is 4.97. The molecule has 4 heterocycles. The molecular formula is C29H25N7OS. The molecule has 6 rings (SSSR count). The Bertz CT molecular complexity index is 1710. The minimum atomic E-state index is -0.135. The second-order valence-corrected chi connectivity index (χ2v) is 10.8. The van der Waals surface area contributed by atoms with E-state index in [1.54, 1.807) is 30.1 Å². The van der Waals surface area contributed by atoms with Crippen LogP contribution < -0.4 is 5.32 Å². The minimum Gasteiger partial charge on any atom is -0.507 e. The van der Waals surface area contributed by atoms with Gasteiger partial charge in [-0.25, -0.2) is 15.0 Å². The fourth-order valence-electron chi connectivity index (χ4n) is 4.67. The Morgan fingerprint density at radius 3 is 2.71 bits per heavy atom. The Labute approximate surface area is 224 Å². The lowest BCUT2D eigenvalue weighted by Crippen LogP contribution is -2.24. The molecule has 0 spiro atoms. The number of imidazole rings is 1. The van der Waals surface area contributed by atoms with E-state index in [1.165, 1.54) is 6.20 Å². The third-order valence-electron chi connectivity index (χ3n) is 6.61. The van der Waals surface area contributed by atoms with Crippen LogP contribution in [0.5, 0.6) is 5.75 Å². The van der Waals surface area contributed by atoms with Crippen LogP contribution in [-0.4, -0.2) is 41.9 Å². The molecule has 0 atom stereocenters. The molecule has 0 saturated heterocycles. The van der Waals surface area contributed by atoms with Crippen LogP contribution in [0.2, 0.25) is 0 Å². The Morgan fingerprint density at radius 2 is 1.89 bits per heavy atom. The average Bonchev–Trinajstić information content (AvgIpc) is 3.47. The van der Waals surface area contributed by atoms with E-state index in [0.717, 1.165) is 45.2 Å². The van der Waals surface area contributed by atoms with E-state index in [2.05, 4.69) is 34.8 Å². The normalized spacial score (nSPS) is 13.8. The third kappa shape index (κ3) is 4.33. The summed E-state index contributed by atoms with van der Waals surface area (Å²) in [5.74, 6) is 2.32. The van der Waals surface area contributed by atoms with Crippen molar-refractivity contribution >= 4 is 28.7 Å².